The average molecular weight is 313 g/mol. The Morgan fingerprint density at radius 1 is 1.52 bits per heavy atom. The first kappa shape index (κ1) is 14.5. The van der Waals surface area contributed by atoms with Gasteiger partial charge in [-0.05, 0) is 30.6 Å². The molecule has 1 aliphatic heterocycles. The van der Waals surface area contributed by atoms with Crippen LogP contribution in [-0.2, 0) is 10.0 Å². The standard InChI is InChI=1S/C13H19N3O4S/c1-21(18,19)15-9-10-8-13(10)3-6-16(7-4-13)12(17)11-2-5-14-20-11/h2,5,10,15H,3-4,6-9H2,1H3/t10-/m1/s1. The number of nitrogens with zero attached hydrogens (tertiary/aromatic N) is 2. The smallest absolute Gasteiger partial charge is 0.292 e. The molecule has 116 valence electrons. The molecule has 21 heavy (non-hydrogen) atoms. The van der Waals surface area contributed by atoms with Gasteiger partial charge in [0.25, 0.3) is 5.91 Å². The van der Waals surface area contributed by atoms with Crippen LogP contribution < -0.4 is 4.72 Å². The summed E-state index contributed by atoms with van der Waals surface area (Å²) in [7, 11) is -3.12. The van der Waals surface area contributed by atoms with Crippen molar-refractivity contribution in [3.63, 3.8) is 0 Å². The zero-order valence-corrected chi connectivity index (χ0v) is 12.7. The van der Waals surface area contributed by atoms with Gasteiger partial charge in [-0.1, -0.05) is 5.16 Å². The third kappa shape index (κ3) is 3.11. The SMILES string of the molecule is CS(=O)(=O)NC[C@H]1CC12CCN(C(=O)c1ccno1)CC2. The van der Waals surface area contributed by atoms with Crippen LogP contribution in [0, 0.1) is 11.3 Å². The van der Waals surface area contributed by atoms with Crippen LogP contribution in [0.2, 0.25) is 0 Å². The Bertz CT molecular complexity index is 618. The lowest BCUT2D eigenvalue weighted by Crippen LogP contribution is -2.40. The van der Waals surface area contributed by atoms with Crippen molar-refractivity contribution < 1.29 is 17.7 Å². The molecule has 1 N–H and O–H groups in total. The van der Waals surface area contributed by atoms with Crippen molar-refractivity contribution in [3.05, 3.63) is 18.0 Å². The quantitative estimate of drug-likeness (QED) is 0.872. The summed E-state index contributed by atoms with van der Waals surface area (Å²) in [5.74, 6) is 0.556. The lowest BCUT2D eigenvalue weighted by Gasteiger charge is -2.32. The first-order chi connectivity index (χ1) is 9.90. The minimum Gasteiger partial charge on any atom is -0.351 e. The molecular formula is C13H19N3O4S. The van der Waals surface area contributed by atoms with Gasteiger partial charge in [-0.25, -0.2) is 13.1 Å². The fourth-order valence-electron chi connectivity index (χ4n) is 3.22. The monoisotopic (exact) mass is 313 g/mol. The molecule has 1 aromatic heterocycles. The van der Waals surface area contributed by atoms with E-state index < -0.39 is 10.0 Å². The number of likely N-dealkylation sites (tertiary alicyclic amines) is 1. The molecule has 2 fully saturated rings. The summed E-state index contributed by atoms with van der Waals surface area (Å²) in [5.41, 5.74) is 0.218. The maximum Gasteiger partial charge on any atom is 0.292 e. The Balaban J connectivity index is 1.51. The maximum atomic E-state index is 12.1. The van der Waals surface area contributed by atoms with Gasteiger partial charge in [-0.3, -0.25) is 4.79 Å². The molecule has 1 aromatic rings. The molecule has 1 saturated heterocycles. The highest BCUT2D eigenvalue weighted by molar-refractivity contribution is 7.88. The summed E-state index contributed by atoms with van der Waals surface area (Å²) in [5, 5.41) is 3.55. The van der Waals surface area contributed by atoms with Crippen molar-refractivity contribution in [2.45, 2.75) is 19.3 Å². The first-order valence-corrected chi connectivity index (χ1v) is 8.93. The Labute approximate surface area is 123 Å². The van der Waals surface area contributed by atoms with E-state index in [2.05, 4.69) is 9.88 Å². The van der Waals surface area contributed by atoms with E-state index >= 15 is 0 Å². The van der Waals surface area contributed by atoms with E-state index in [4.69, 9.17) is 4.52 Å². The topological polar surface area (TPSA) is 92.5 Å². The van der Waals surface area contributed by atoms with Crippen LogP contribution in [0.15, 0.2) is 16.8 Å². The van der Waals surface area contributed by atoms with Crippen LogP contribution in [-0.4, -0.2) is 50.3 Å². The Hall–Kier alpha value is -1.41. The molecule has 1 amide bonds. The number of carbonyl (C=O) groups is 1. The maximum absolute atomic E-state index is 12.1. The molecule has 8 heteroatoms. The third-order valence-corrected chi connectivity index (χ3v) is 5.34. The summed E-state index contributed by atoms with van der Waals surface area (Å²) < 4.78 is 29.7. The van der Waals surface area contributed by atoms with Crippen LogP contribution in [0.4, 0.5) is 0 Å². The second kappa shape index (κ2) is 5.10. The fraction of sp³-hybridized carbons (Fsp3) is 0.692. The number of piperidine rings is 1. The first-order valence-electron chi connectivity index (χ1n) is 7.04. The number of sulfonamides is 1. The van der Waals surface area contributed by atoms with Gasteiger partial charge in [0.2, 0.25) is 15.8 Å². The van der Waals surface area contributed by atoms with E-state index in [0.717, 1.165) is 19.3 Å². The average Bonchev–Trinajstić information content (AvgIpc) is 2.88. The normalized spacial score (nSPS) is 24.2. The lowest BCUT2D eigenvalue weighted by molar-refractivity contribution is 0.0628. The molecule has 1 atom stereocenters. The molecule has 1 aliphatic carbocycles. The fourth-order valence-corrected chi connectivity index (χ4v) is 3.73. The molecule has 0 aromatic carbocycles. The summed E-state index contributed by atoms with van der Waals surface area (Å²) in [6.07, 6.45) is 5.53. The number of carbonyl (C=O) groups excluding carboxylic acids is 1. The Kier molecular flexibility index (Phi) is 3.53. The third-order valence-electron chi connectivity index (χ3n) is 4.65. The van der Waals surface area contributed by atoms with Gasteiger partial charge in [0.15, 0.2) is 0 Å². The van der Waals surface area contributed by atoms with E-state index in [1.165, 1.54) is 12.5 Å². The molecule has 3 rings (SSSR count). The van der Waals surface area contributed by atoms with Crippen LogP contribution in [0.1, 0.15) is 29.8 Å². The van der Waals surface area contributed by atoms with Crippen molar-refractivity contribution in [1.82, 2.24) is 14.8 Å². The molecule has 0 unspecified atom stereocenters. The second-order valence-electron chi connectivity index (χ2n) is 6.05. The van der Waals surface area contributed by atoms with Gasteiger partial charge in [-0.15, -0.1) is 0 Å². The molecule has 7 nitrogen and oxygen atoms in total. The van der Waals surface area contributed by atoms with Crippen molar-refractivity contribution in [2.75, 3.05) is 25.9 Å². The number of hydrogen-bond acceptors (Lipinski definition) is 5. The van der Waals surface area contributed by atoms with Gasteiger partial charge in [0.05, 0.1) is 12.5 Å². The Morgan fingerprint density at radius 3 is 2.81 bits per heavy atom. The zero-order valence-electron chi connectivity index (χ0n) is 11.9. The summed E-state index contributed by atoms with van der Waals surface area (Å²) in [6.45, 7) is 1.89. The summed E-state index contributed by atoms with van der Waals surface area (Å²) >= 11 is 0. The predicted molar refractivity (Wildman–Crippen MR) is 75.0 cm³/mol. The van der Waals surface area contributed by atoms with E-state index in [9.17, 15) is 13.2 Å². The highest BCUT2D eigenvalue weighted by Gasteiger charge is 2.54. The van der Waals surface area contributed by atoms with Crippen LogP contribution in [0.25, 0.3) is 0 Å². The predicted octanol–water partition coefficient (Wildman–Crippen LogP) is 0.466. The minimum absolute atomic E-state index is 0.117. The van der Waals surface area contributed by atoms with Crippen LogP contribution in [0.5, 0.6) is 0 Å². The molecule has 1 spiro atoms. The Morgan fingerprint density at radius 2 is 2.24 bits per heavy atom. The summed E-state index contributed by atoms with van der Waals surface area (Å²) in [6, 6.07) is 1.57. The van der Waals surface area contributed by atoms with Gasteiger partial charge in [-0.2, -0.15) is 0 Å². The van der Waals surface area contributed by atoms with E-state index in [-0.39, 0.29) is 17.1 Å². The number of aromatic nitrogens is 1. The highest BCUT2D eigenvalue weighted by Crippen LogP contribution is 2.59. The van der Waals surface area contributed by atoms with Gasteiger partial charge in [0, 0.05) is 25.7 Å². The largest absolute Gasteiger partial charge is 0.351 e. The molecule has 2 heterocycles. The van der Waals surface area contributed by atoms with Crippen molar-refractivity contribution in [2.24, 2.45) is 11.3 Å². The summed E-state index contributed by atoms with van der Waals surface area (Å²) in [4.78, 5) is 13.9. The molecular weight excluding hydrogens is 294 g/mol. The van der Waals surface area contributed by atoms with E-state index in [1.807, 2.05) is 0 Å². The molecule has 0 radical (unpaired) electrons. The van der Waals surface area contributed by atoms with Crippen molar-refractivity contribution in [1.29, 1.82) is 0 Å². The van der Waals surface area contributed by atoms with E-state index in [0.29, 0.717) is 25.6 Å². The lowest BCUT2D eigenvalue weighted by atomic mass is 9.90. The highest BCUT2D eigenvalue weighted by atomic mass is 32.2. The van der Waals surface area contributed by atoms with Gasteiger partial charge in [0.1, 0.15) is 0 Å². The van der Waals surface area contributed by atoms with Gasteiger partial charge >= 0.3 is 0 Å². The van der Waals surface area contributed by atoms with Gasteiger partial charge < -0.3 is 9.42 Å². The second-order valence-corrected chi connectivity index (χ2v) is 7.89. The van der Waals surface area contributed by atoms with Crippen LogP contribution in [0.3, 0.4) is 0 Å². The molecule has 2 aliphatic rings. The number of amides is 1. The van der Waals surface area contributed by atoms with Crippen molar-refractivity contribution in [3.8, 4) is 0 Å². The number of hydrogen-bond donors (Lipinski definition) is 1. The number of rotatable bonds is 4. The van der Waals surface area contributed by atoms with E-state index in [1.54, 1.807) is 11.0 Å². The molecule has 1 saturated carbocycles. The zero-order chi connectivity index (χ0) is 15.1. The minimum atomic E-state index is -3.12. The van der Waals surface area contributed by atoms with Crippen molar-refractivity contribution >= 4 is 15.9 Å². The van der Waals surface area contributed by atoms with Crippen LogP contribution >= 0.6 is 0 Å². The molecule has 0 bridgehead atoms. The number of nitrogens with one attached hydrogen (secondary N) is 1.